The number of hydrogen-bond acceptors (Lipinski definition) is 4. The number of unbranched alkanes of at least 4 members (excludes halogenated alkanes) is 1. The number of carbonyl (C=O) groups is 2. The van der Waals surface area contributed by atoms with Crippen LogP contribution in [0.25, 0.3) is 0 Å². The van der Waals surface area contributed by atoms with Crippen molar-refractivity contribution in [3.05, 3.63) is 23.3 Å². The summed E-state index contributed by atoms with van der Waals surface area (Å²) in [6.07, 6.45) is 9.34. The predicted octanol–water partition coefficient (Wildman–Crippen LogP) is 3.18. The topological polar surface area (TPSA) is 52.6 Å². The van der Waals surface area contributed by atoms with Crippen LogP contribution in [0.1, 0.15) is 45.4 Å². The van der Waals surface area contributed by atoms with Crippen molar-refractivity contribution in [2.75, 3.05) is 14.2 Å². The maximum absolute atomic E-state index is 12.3. The highest BCUT2D eigenvalue weighted by atomic mass is 16.5. The van der Waals surface area contributed by atoms with Crippen LogP contribution in [0.4, 0.5) is 0 Å². The molecule has 0 aromatic carbocycles. The third-order valence-corrected chi connectivity index (χ3v) is 4.68. The quantitative estimate of drug-likeness (QED) is 0.577. The van der Waals surface area contributed by atoms with Gasteiger partial charge in [0.05, 0.1) is 14.2 Å². The van der Waals surface area contributed by atoms with Gasteiger partial charge in [-0.05, 0) is 43.6 Å². The highest BCUT2D eigenvalue weighted by Crippen LogP contribution is 2.52. The van der Waals surface area contributed by atoms with Gasteiger partial charge in [0.25, 0.3) is 0 Å². The van der Waals surface area contributed by atoms with E-state index >= 15 is 0 Å². The van der Waals surface area contributed by atoms with Gasteiger partial charge in [-0.1, -0.05) is 31.1 Å². The molecule has 1 unspecified atom stereocenters. The Morgan fingerprint density at radius 3 is 2.43 bits per heavy atom. The van der Waals surface area contributed by atoms with Gasteiger partial charge in [0.2, 0.25) is 0 Å². The normalized spacial score (nSPS) is 23.5. The fourth-order valence-corrected chi connectivity index (χ4v) is 3.42. The molecule has 0 heterocycles. The summed E-state index contributed by atoms with van der Waals surface area (Å²) >= 11 is 0. The first kappa shape index (κ1) is 15.8. The Kier molecular flexibility index (Phi) is 4.86. The van der Waals surface area contributed by atoms with Crippen LogP contribution in [0.15, 0.2) is 23.3 Å². The van der Waals surface area contributed by atoms with Crippen LogP contribution in [0.5, 0.6) is 0 Å². The van der Waals surface area contributed by atoms with Crippen LogP contribution in [-0.2, 0) is 19.1 Å². The van der Waals surface area contributed by atoms with Gasteiger partial charge in [-0.25, -0.2) is 0 Å². The van der Waals surface area contributed by atoms with E-state index in [4.69, 9.17) is 9.47 Å². The number of esters is 2. The zero-order chi connectivity index (χ0) is 15.5. The van der Waals surface area contributed by atoms with E-state index in [0.717, 1.165) is 31.3 Å². The van der Waals surface area contributed by atoms with Gasteiger partial charge < -0.3 is 9.47 Å². The summed E-state index contributed by atoms with van der Waals surface area (Å²) < 4.78 is 9.82. The van der Waals surface area contributed by atoms with E-state index < -0.39 is 17.4 Å². The predicted molar refractivity (Wildman–Crippen MR) is 79.5 cm³/mol. The van der Waals surface area contributed by atoms with Gasteiger partial charge in [0, 0.05) is 0 Å². The summed E-state index contributed by atoms with van der Waals surface area (Å²) in [7, 11) is 2.67. The third-order valence-electron chi connectivity index (χ3n) is 4.68. The van der Waals surface area contributed by atoms with Crippen molar-refractivity contribution in [1.29, 1.82) is 0 Å². The lowest BCUT2D eigenvalue weighted by atomic mass is 9.60. The molecule has 0 saturated heterocycles. The third kappa shape index (κ3) is 2.76. The summed E-state index contributed by atoms with van der Waals surface area (Å²) in [5.74, 6) is -0.624. The molecule has 21 heavy (non-hydrogen) atoms. The molecule has 2 aliphatic carbocycles. The maximum Gasteiger partial charge on any atom is 0.323 e. The Bertz CT molecular complexity index is 471. The highest BCUT2D eigenvalue weighted by molar-refractivity contribution is 6.00. The summed E-state index contributed by atoms with van der Waals surface area (Å²) in [6.45, 7) is 2.13. The largest absolute Gasteiger partial charge is 0.468 e. The van der Waals surface area contributed by atoms with E-state index in [0.29, 0.717) is 18.8 Å². The molecule has 0 bridgehead atoms. The van der Waals surface area contributed by atoms with Gasteiger partial charge in [-0.15, -0.1) is 0 Å². The lowest BCUT2D eigenvalue weighted by Crippen LogP contribution is -2.47. The fraction of sp³-hybridized carbons (Fsp3) is 0.647. The Balaban J connectivity index is 2.33. The van der Waals surface area contributed by atoms with Crippen LogP contribution < -0.4 is 0 Å². The zero-order valence-electron chi connectivity index (χ0n) is 13.1. The van der Waals surface area contributed by atoms with E-state index in [9.17, 15) is 9.59 Å². The van der Waals surface area contributed by atoms with Crippen molar-refractivity contribution in [2.45, 2.75) is 45.4 Å². The molecule has 2 aliphatic rings. The van der Waals surface area contributed by atoms with Crippen molar-refractivity contribution in [2.24, 2.45) is 11.3 Å². The molecule has 4 heteroatoms. The lowest BCUT2D eigenvalue weighted by molar-refractivity contribution is -0.171. The summed E-state index contributed by atoms with van der Waals surface area (Å²) in [5.41, 5.74) is 1.37. The number of carbonyl (C=O) groups excluding carboxylic acids is 2. The van der Waals surface area contributed by atoms with Crippen molar-refractivity contribution in [3.8, 4) is 0 Å². The molecule has 1 saturated carbocycles. The Morgan fingerprint density at radius 2 is 1.95 bits per heavy atom. The second-order valence-corrected chi connectivity index (χ2v) is 5.92. The second-order valence-electron chi connectivity index (χ2n) is 5.92. The smallest absolute Gasteiger partial charge is 0.323 e. The monoisotopic (exact) mass is 292 g/mol. The van der Waals surface area contributed by atoms with Gasteiger partial charge in [-0.2, -0.15) is 0 Å². The summed E-state index contributed by atoms with van der Waals surface area (Å²) in [5, 5.41) is 0. The standard InChI is InChI=1S/C17H24O4/c1-4-5-6-7-12-10-17(15(18)20-2,16(19)21-3)11-13-8-9-14(12)13/h6-7,13H,4-5,8-11H2,1-3H3/b7-6+. The van der Waals surface area contributed by atoms with Crippen LogP contribution in [0.3, 0.4) is 0 Å². The molecule has 2 rings (SSSR count). The number of rotatable bonds is 5. The molecule has 0 spiro atoms. The molecule has 0 radical (unpaired) electrons. The van der Waals surface area contributed by atoms with E-state index in [1.165, 1.54) is 19.8 Å². The summed E-state index contributed by atoms with van der Waals surface area (Å²) in [6, 6.07) is 0. The van der Waals surface area contributed by atoms with Crippen molar-refractivity contribution in [3.63, 3.8) is 0 Å². The number of allylic oxidation sites excluding steroid dienone is 4. The van der Waals surface area contributed by atoms with E-state index in [1.54, 1.807) is 0 Å². The van der Waals surface area contributed by atoms with E-state index in [-0.39, 0.29) is 0 Å². The summed E-state index contributed by atoms with van der Waals surface area (Å²) in [4.78, 5) is 24.5. The Labute approximate surface area is 126 Å². The SMILES string of the molecule is CCC/C=C/C1=C2CCC2CC(C(=O)OC)(C(=O)OC)C1. The number of hydrogen-bond donors (Lipinski definition) is 0. The number of methoxy groups -OCH3 is 2. The minimum atomic E-state index is -1.16. The molecule has 1 atom stereocenters. The van der Waals surface area contributed by atoms with Crippen molar-refractivity contribution < 1.29 is 19.1 Å². The first-order valence-corrected chi connectivity index (χ1v) is 7.64. The lowest BCUT2D eigenvalue weighted by Gasteiger charge is -2.43. The van der Waals surface area contributed by atoms with Gasteiger partial charge in [0.1, 0.15) is 0 Å². The van der Waals surface area contributed by atoms with Crippen LogP contribution in [0.2, 0.25) is 0 Å². The average molecular weight is 292 g/mol. The van der Waals surface area contributed by atoms with Gasteiger partial charge in [0.15, 0.2) is 5.41 Å². The first-order chi connectivity index (χ1) is 10.1. The second kappa shape index (κ2) is 6.46. The fourth-order valence-electron chi connectivity index (χ4n) is 3.42. The Hall–Kier alpha value is -1.58. The minimum absolute atomic E-state index is 0.318. The molecule has 1 fully saturated rings. The van der Waals surface area contributed by atoms with E-state index in [2.05, 4.69) is 19.1 Å². The van der Waals surface area contributed by atoms with E-state index in [1.807, 2.05) is 0 Å². The number of ether oxygens (including phenoxy) is 2. The Morgan fingerprint density at radius 1 is 1.29 bits per heavy atom. The first-order valence-electron chi connectivity index (χ1n) is 7.64. The maximum atomic E-state index is 12.3. The number of fused-ring (bicyclic) bond motifs is 1. The van der Waals surface area contributed by atoms with Crippen molar-refractivity contribution >= 4 is 11.9 Å². The molecule has 0 aromatic rings. The molecule has 0 aromatic heterocycles. The molecular weight excluding hydrogens is 268 g/mol. The highest BCUT2D eigenvalue weighted by Gasteiger charge is 2.54. The molecule has 0 amide bonds. The molecule has 4 nitrogen and oxygen atoms in total. The van der Waals surface area contributed by atoms with Crippen LogP contribution in [0, 0.1) is 11.3 Å². The van der Waals surface area contributed by atoms with Gasteiger partial charge >= 0.3 is 11.9 Å². The zero-order valence-corrected chi connectivity index (χ0v) is 13.1. The van der Waals surface area contributed by atoms with Crippen LogP contribution >= 0.6 is 0 Å². The molecule has 0 N–H and O–H groups in total. The van der Waals surface area contributed by atoms with Crippen molar-refractivity contribution in [1.82, 2.24) is 0 Å². The molecule has 0 aliphatic heterocycles. The molecule has 116 valence electrons. The van der Waals surface area contributed by atoms with Crippen LogP contribution in [-0.4, -0.2) is 26.2 Å². The molecular formula is C17H24O4. The van der Waals surface area contributed by atoms with Gasteiger partial charge in [-0.3, -0.25) is 9.59 Å². The average Bonchev–Trinajstić information content (AvgIpc) is 2.47. The minimum Gasteiger partial charge on any atom is -0.468 e.